The predicted molar refractivity (Wildman–Crippen MR) is 144 cm³/mol. The molecule has 2 aromatic rings. The van der Waals surface area contributed by atoms with E-state index < -0.39 is 0 Å². The summed E-state index contributed by atoms with van der Waals surface area (Å²) in [7, 11) is 0. The second kappa shape index (κ2) is 8.57. The summed E-state index contributed by atoms with van der Waals surface area (Å²) in [5.41, 5.74) is 8.88. The number of carbonyl (C=O) groups is 1. The molecule has 0 amide bonds. The third kappa shape index (κ3) is 3.54. The van der Waals surface area contributed by atoms with Gasteiger partial charge < -0.3 is 4.74 Å². The molecule has 2 saturated carbocycles. The second-order valence-corrected chi connectivity index (χ2v) is 11.9. The van der Waals surface area contributed by atoms with Gasteiger partial charge in [-0.3, -0.25) is 4.98 Å². The van der Waals surface area contributed by atoms with Gasteiger partial charge in [0.25, 0.3) is 0 Å². The summed E-state index contributed by atoms with van der Waals surface area (Å²) >= 11 is 0. The van der Waals surface area contributed by atoms with Crippen LogP contribution < -0.4 is 0 Å². The minimum Gasteiger partial charge on any atom is -0.458 e. The number of nitrogens with zero attached hydrogens (tertiary/aromatic N) is 1. The number of carbonyl (C=O) groups excluding carboxylic acids is 1. The number of ether oxygens (including phenoxy) is 1. The van der Waals surface area contributed by atoms with Crippen molar-refractivity contribution in [3.8, 4) is 0 Å². The highest BCUT2D eigenvalue weighted by Crippen LogP contribution is 2.64. The number of aryl methyl sites for hydroxylation is 2. The number of hydrogen-bond donors (Lipinski definition) is 0. The average molecular weight is 480 g/mol. The Hall–Kier alpha value is -2.94. The molecule has 0 spiro atoms. The topological polar surface area (TPSA) is 39.2 Å². The summed E-state index contributed by atoms with van der Waals surface area (Å²) in [5.74, 6) is 1.09. The fourth-order valence-electron chi connectivity index (χ4n) is 8.02. The Kier molecular flexibility index (Phi) is 5.59. The van der Waals surface area contributed by atoms with Crippen LogP contribution in [0.1, 0.15) is 79.4 Å². The van der Waals surface area contributed by atoms with Gasteiger partial charge in [-0.2, -0.15) is 0 Å². The number of esters is 1. The largest absolute Gasteiger partial charge is 0.458 e. The van der Waals surface area contributed by atoms with Crippen molar-refractivity contribution >= 4 is 11.5 Å². The number of pyridine rings is 1. The maximum Gasteiger partial charge on any atom is 0.338 e. The molecule has 4 aliphatic rings. The van der Waals surface area contributed by atoms with Crippen LogP contribution in [-0.2, 0) is 4.74 Å². The monoisotopic (exact) mass is 479 g/mol. The summed E-state index contributed by atoms with van der Waals surface area (Å²) in [6.07, 6.45) is 17.6. The van der Waals surface area contributed by atoms with Crippen LogP contribution in [0.4, 0.5) is 0 Å². The van der Waals surface area contributed by atoms with Crippen molar-refractivity contribution in [2.75, 3.05) is 0 Å². The first-order valence-electron chi connectivity index (χ1n) is 13.6. The van der Waals surface area contributed by atoms with Gasteiger partial charge in [0, 0.05) is 24.2 Å². The van der Waals surface area contributed by atoms with Gasteiger partial charge in [0.1, 0.15) is 6.10 Å². The molecular weight excluding hydrogens is 442 g/mol. The van der Waals surface area contributed by atoms with Gasteiger partial charge >= 0.3 is 5.97 Å². The highest BCUT2D eigenvalue weighted by molar-refractivity contribution is 5.92. The van der Waals surface area contributed by atoms with Gasteiger partial charge in [-0.05, 0) is 91.5 Å². The number of benzene rings is 1. The predicted octanol–water partition coefficient (Wildman–Crippen LogP) is 7.80. The van der Waals surface area contributed by atoms with Crippen LogP contribution in [0.15, 0.2) is 72.1 Å². The van der Waals surface area contributed by atoms with E-state index in [-0.39, 0.29) is 22.9 Å². The van der Waals surface area contributed by atoms with E-state index >= 15 is 0 Å². The van der Waals surface area contributed by atoms with Gasteiger partial charge in [-0.25, -0.2) is 4.79 Å². The number of hydrogen-bond acceptors (Lipinski definition) is 3. The first-order chi connectivity index (χ1) is 17.3. The minimum atomic E-state index is -0.160. The van der Waals surface area contributed by atoms with E-state index in [1.165, 1.54) is 29.6 Å². The highest BCUT2D eigenvalue weighted by Gasteiger charge is 2.54. The first-order valence-corrected chi connectivity index (χ1v) is 13.6. The quantitative estimate of drug-likeness (QED) is 0.333. The molecule has 186 valence electrons. The van der Waals surface area contributed by atoms with E-state index in [1.54, 1.807) is 5.57 Å². The maximum atomic E-state index is 13.1. The van der Waals surface area contributed by atoms with Crippen molar-refractivity contribution in [1.29, 1.82) is 0 Å². The molecule has 3 heteroatoms. The lowest BCUT2D eigenvalue weighted by Gasteiger charge is -2.56. The van der Waals surface area contributed by atoms with Crippen LogP contribution in [0.3, 0.4) is 0 Å². The molecule has 36 heavy (non-hydrogen) atoms. The maximum absolute atomic E-state index is 13.1. The zero-order chi connectivity index (χ0) is 25.1. The fourth-order valence-corrected chi connectivity index (χ4v) is 8.02. The molecule has 0 aliphatic heterocycles. The second-order valence-electron chi connectivity index (χ2n) is 11.9. The molecule has 2 fully saturated rings. The van der Waals surface area contributed by atoms with E-state index in [2.05, 4.69) is 43.1 Å². The lowest BCUT2D eigenvalue weighted by Crippen LogP contribution is -2.47. The Morgan fingerprint density at radius 2 is 1.83 bits per heavy atom. The summed E-state index contributed by atoms with van der Waals surface area (Å²) in [6.45, 7) is 8.93. The molecular formula is C33H37NO2. The van der Waals surface area contributed by atoms with Gasteiger partial charge in [0.05, 0.1) is 5.56 Å². The Morgan fingerprint density at radius 3 is 2.58 bits per heavy atom. The summed E-state index contributed by atoms with van der Waals surface area (Å²) in [4.78, 5) is 17.5. The van der Waals surface area contributed by atoms with Crippen molar-refractivity contribution in [2.24, 2.45) is 22.7 Å². The van der Waals surface area contributed by atoms with E-state index in [0.717, 1.165) is 42.4 Å². The van der Waals surface area contributed by atoms with Crippen molar-refractivity contribution in [1.82, 2.24) is 4.98 Å². The smallest absolute Gasteiger partial charge is 0.338 e. The Balaban J connectivity index is 1.21. The van der Waals surface area contributed by atoms with Gasteiger partial charge in [-0.15, -0.1) is 0 Å². The standard InChI is InChI=1S/C33H37NO2/c1-21-7-5-8-22(2)30(21)31(35)36-25-14-16-32(3)24(19-25)10-11-26-28-13-12-27(23-9-6-18-34-20-23)33(28,4)17-15-29(26)32/h5-10,12-13,18,20,25-26,29H,11,14-17,19H2,1-4H3/t25-,26-,29-,32-,33+/m0/s1. The molecule has 6 rings (SSSR count). The SMILES string of the molecule is Cc1cccc(C)c1C(=O)O[C@H]1CC[C@@]2(C)C(=CC[C@H]3C4=CC=C(c5cccnc5)[C@@]4(C)CC[C@@H]32)C1. The normalized spacial score (nSPS) is 32.9. The van der Waals surface area contributed by atoms with Crippen molar-refractivity contribution < 1.29 is 9.53 Å². The summed E-state index contributed by atoms with van der Waals surface area (Å²) in [5, 5.41) is 0. The number of aromatic nitrogens is 1. The molecule has 0 bridgehead atoms. The van der Waals surface area contributed by atoms with Crippen LogP contribution in [0.25, 0.3) is 5.57 Å². The lowest BCUT2D eigenvalue weighted by atomic mass is 9.49. The minimum absolute atomic E-state index is 0.0224. The van der Waals surface area contributed by atoms with Crippen LogP contribution in [0.2, 0.25) is 0 Å². The molecule has 0 radical (unpaired) electrons. The summed E-state index contributed by atoms with van der Waals surface area (Å²) < 4.78 is 6.11. The Morgan fingerprint density at radius 1 is 1.03 bits per heavy atom. The molecule has 5 atom stereocenters. The molecule has 0 saturated heterocycles. The van der Waals surface area contributed by atoms with Crippen molar-refractivity contribution in [3.05, 3.63) is 94.4 Å². The van der Waals surface area contributed by atoms with Crippen molar-refractivity contribution in [2.45, 2.75) is 72.3 Å². The molecule has 1 heterocycles. The zero-order valence-electron chi connectivity index (χ0n) is 22.0. The van der Waals surface area contributed by atoms with Crippen LogP contribution >= 0.6 is 0 Å². The van der Waals surface area contributed by atoms with E-state index in [0.29, 0.717) is 11.8 Å². The molecule has 4 aliphatic carbocycles. The lowest BCUT2D eigenvalue weighted by molar-refractivity contribution is 0.00235. The zero-order valence-corrected chi connectivity index (χ0v) is 22.0. The molecule has 3 nitrogen and oxygen atoms in total. The highest BCUT2D eigenvalue weighted by atomic mass is 16.5. The molecule has 0 N–H and O–H groups in total. The van der Waals surface area contributed by atoms with Crippen molar-refractivity contribution in [3.63, 3.8) is 0 Å². The Bertz CT molecular complexity index is 1280. The number of allylic oxidation sites excluding steroid dienone is 5. The van der Waals surface area contributed by atoms with Crippen LogP contribution in [0, 0.1) is 36.5 Å². The molecule has 1 aromatic carbocycles. The average Bonchev–Trinajstić information content (AvgIpc) is 3.22. The van der Waals surface area contributed by atoms with E-state index in [9.17, 15) is 4.79 Å². The Labute approximate surface area is 215 Å². The van der Waals surface area contributed by atoms with Gasteiger partial charge in [-0.1, -0.05) is 67.5 Å². The number of rotatable bonds is 3. The third-order valence-corrected chi connectivity index (χ3v) is 10.0. The summed E-state index contributed by atoms with van der Waals surface area (Å²) in [6, 6.07) is 10.2. The van der Waals surface area contributed by atoms with E-state index in [4.69, 9.17) is 4.74 Å². The van der Waals surface area contributed by atoms with Gasteiger partial charge in [0.2, 0.25) is 0 Å². The van der Waals surface area contributed by atoms with E-state index in [1.807, 2.05) is 50.5 Å². The van der Waals surface area contributed by atoms with Gasteiger partial charge in [0.15, 0.2) is 0 Å². The molecule has 1 aromatic heterocycles. The number of fused-ring (bicyclic) bond motifs is 5. The van der Waals surface area contributed by atoms with Crippen LogP contribution in [-0.4, -0.2) is 17.1 Å². The first kappa shape index (κ1) is 23.5. The molecule has 0 unspecified atom stereocenters. The third-order valence-electron chi connectivity index (χ3n) is 10.0. The fraction of sp³-hybridized carbons (Fsp3) is 0.455. The van der Waals surface area contributed by atoms with Crippen LogP contribution in [0.5, 0.6) is 0 Å².